The van der Waals surface area contributed by atoms with Crippen LogP contribution in [0.1, 0.15) is 6.92 Å². The number of sulfone groups is 1. The first-order chi connectivity index (χ1) is 3.48. The summed E-state index contributed by atoms with van der Waals surface area (Å²) in [6, 6.07) is 0. The Labute approximate surface area is 47.9 Å². The van der Waals surface area contributed by atoms with Gasteiger partial charge in [0.25, 0.3) is 0 Å². The first-order valence-corrected chi connectivity index (χ1v) is 3.89. The Hall–Kier alpha value is -0.380. The van der Waals surface area contributed by atoms with Crippen molar-refractivity contribution in [2.45, 2.75) is 6.92 Å². The molecule has 48 valence electrons. The fourth-order valence-corrected chi connectivity index (χ4v) is 0.642. The summed E-state index contributed by atoms with van der Waals surface area (Å²) in [7, 11) is -3.56. The van der Waals surface area contributed by atoms with E-state index in [0.29, 0.717) is 0 Å². The largest absolute Gasteiger partial charge is 0.222 e. The fourth-order valence-electron chi connectivity index (χ4n) is 0.214. The molecule has 0 aromatic rings. The fraction of sp³-hybridized carbons (Fsp3) is 0.500. The van der Waals surface area contributed by atoms with Gasteiger partial charge < -0.3 is 0 Å². The minimum Gasteiger partial charge on any atom is -0.222 e. The predicted octanol–water partition coefficient (Wildman–Crippen LogP) is 0.862. The summed E-state index contributed by atoms with van der Waals surface area (Å²) in [5.41, 5.74) is 0. The molecular formula is C4H7FO2S. The van der Waals surface area contributed by atoms with Crippen LogP contribution in [0.4, 0.5) is 4.39 Å². The number of rotatable bonds is 1. The zero-order valence-corrected chi connectivity index (χ0v) is 5.50. The molecule has 0 aliphatic rings. The molecule has 0 aliphatic carbocycles. The van der Waals surface area contributed by atoms with Crippen LogP contribution in [0.15, 0.2) is 11.2 Å². The Morgan fingerprint density at radius 2 is 2.00 bits per heavy atom. The van der Waals surface area contributed by atoms with Gasteiger partial charge in [-0.05, 0) is 13.0 Å². The van der Waals surface area contributed by atoms with E-state index in [2.05, 4.69) is 0 Å². The third-order valence-corrected chi connectivity index (χ3v) is 1.53. The summed E-state index contributed by atoms with van der Waals surface area (Å²) >= 11 is 0. The van der Waals surface area contributed by atoms with Gasteiger partial charge in [0.1, 0.15) is 0 Å². The Kier molecular flexibility index (Phi) is 2.15. The summed E-state index contributed by atoms with van der Waals surface area (Å²) in [5, 5.41) is -1.07. The molecule has 0 unspecified atom stereocenters. The van der Waals surface area contributed by atoms with E-state index in [9.17, 15) is 12.8 Å². The third-order valence-electron chi connectivity index (χ3n) is 0.581. The highest BCUT2D eigenvalue weighted by atomic mass is 32.2. The number of hydrogen-bond donors (Lipinski definition) is 0. The van der Waals surface area contributed by atoms with Crippen molar-refractivity contribution in [3.05, 3.63) is 11.2 Å². The maximum absolute atomic E-state index is 11.9. The van der Waals surface area contributed by atoms with Gasteiger partial charge in [0.2, 0.25) is 15.0 Å². The second kappa shape index (κ2) is 2.26. The van der Waals surface area contributed by atoms with Crippen molar-refractivity contribution >= 4 is 9.84 Å². The van der Waals surface area contributed by atoms with Crippen molar-refractivity contribution in [3.63, 3.8) is 0 Å². The summed E-state index contributed by atoms with van der Waals surface area (Å²) < 4.78 is 32.2. The zero-order valence-electron chi connectivity index (χ0n) is 4.68. The van der Waals surface area contributed by atoms with Gasteiger partial charge in [-0.15, -0.1) is 0 Å². The van der Waals surface area contributed by atoms with Gasteiger partial charge in [0, 0.05) is 6.26 Å². The van der Waals surface area contributed by atoms with E-state index in [1.54, 1.807) is 0 Å². The first-order valence-electron chi connectivity index (χ1n) is 2.00. The Morgan fingerprint density at radius 1 is 1.62 bits per heavy atom. The molecule has 0 bridgehead atoms. The van der Waals surface area contributed by atoms with Crippen molar-refractivity contribution in [2.75, 3.05) is 6.26 Å². The summed E-state index contributed by atoms with van der Waals surface area (Å²) in [5.74, 6) is 0. The van der Waals surface area contributed by atoms with Crippen molar-refractivity contribution in [1.29, 1.82) is 0 Å². The quantitative estimate of drug-likeness (QED) is 0.538. The highest BCUT2D eigenvalue weighted by Gasteiger charge is 2.06. The molecule has 0 aliphatic heterocycles. The lowest BCUT2D eigenvalue weighted by Gasteiger charge is -1.86. The molecule has 0 amide bonds. The average molecular weight is 138 g/mol. The van der Waals surface area contributed by atoms with Crippen LogP contribution >= 0.6 is 0 Å². The minimum atomic E-state index is -3.56. The maximum Gasteiger partial charge on any atom is 0.210 e. The highest BCUT2D eigenvalue weighted by Crippen LogP contribution is 2.03. The van der Waals surface area contributed by atoms with Gasteiger partial charge in [-0.3, -0.25) is 0 Å². The molecule has 0 saturated carbocycles. The first kappa shape index (κ1) is 7.62. The van der Waals surface area contributed by atoms with Crippen LogP contribution in [0.3, 0.4) is 0 Å². The van der Waals surface area contributed by atoms with E-state index in [1.165, 1.54) is 6.92 Å². The summed E-state index contributed by atoms with van der Waals surface area (Å²) in [6.45, 7) is 1.33. The predicted molar refractivity (Wildman–Crippen MR) is 29.7 cm³/mol. The molecule has 8 heavy (non-hydrogen) atoms. The maximum atomic E-state index is 11.9. The van der Waals surface area contributed by atoms with Crippen LogP contribution in [0.2, 0.25) is 0 Å². The van der Waals surface area contributed by atoms with Crippen molar-refractivity contribution in [2.24, 2.45) is 0 Å². The topological polar surface area (TPSA) is 34.1 Å². The smallest absolute Gasteiger partial charge is 0.210 e. The monoisotopic (exact) mass is 138 g/mol. The summed E-state index contributed by atoms with van der Waals surface area (Å²) in [6.07, 6.45) is 1.73. The van der Waals surface area contributed by atoms with E-state index in [-0.39, 0.29) is 0 Å². The van der Waals surface area contributed by atoms with E-state index >= 15 is 0 Å². The Morgan fingerprint density at radius 3 is 2.00 bits per heavy atom. The molecule has 0 heterocycles. The second-order valence-corrected chi connectivity index (χ2v) is 3.30. The van der Waals surface area contributed by atoms with Crippen molar-refractivity contribution in [3.8, 4) is 0 Å². The van der Waals surface area contributed by atoms with Crippen molar-refractivity contribution < 1.29 is 12.8 Å². The van der Waals surface area contributed by atoms with Crippen LogP contribution in [0, 0.1) is 0 Å². The lowest BCUT2D eigenvalue weighted by molar-refractivity contribution is 0.582. The average Bonchev–Trinajstić information content (AvgIpc) is 1.62. The van der Waals surface area contributed by atoms with Gasteiger partial charge >= 0.3 is 0 Å². The van der Waals surface area contributed by atoms with Crippen molar-refractivity contribution in [1.82, 2.24) is 0 Å². The number of halogens is 1. The Bertz CT molecular complexity index is 190. The minimum absolute atomic E-state index is 0.822. The van der Waals surface area contributed by atoms with E-state index < -0.39 is 15.0 Å². The molecule has 0 saturated heterocycles. The van der Waals surface area contributed by atoms with Crippen LogP contribution in [-0.2, 0) is 9.84 Å². The molecule has 0 rings (SSSR count). The molecule has 0 aromatic heterocycles. The molecule has 0 aromatic carbocycles. The van der Waals surface area contributed by atoms with Gasteiger partial charge in [-0.2, -0.15) is 4.39 Å². The van der Waals surface area contributed by atoms with E-state index in [4.69, 9.17) is 0 Å². The highest BCUT2D eigenvalue weighted by molar-refractivity contribution is 7.94. The van der Waals surface area contributed by atoms with E-state index in [1.807, 2.05) is 0 Å². The lowest BCUT2D eigenvalue weighted by Crippen LogP contribution is -1.94. The third kappa shape index (κ3) is 2.07. The molecular weight excluding hydrogens is 131 g/mol. The van der Waals surface area contributed by atoms with Gasteiger partial charge in [0.15, 0.2) is 0 Å². The normalized spacial score (nSPS) is 14.1. The van der Waals surface area contributed by atoms with Crippen LogP contribution < -0.4 is 0 Å². The number of allylic oxidation sites excluding steroid dienone is 1. The molecule has 0 atom stereocenters. The Balaban J connectivity index is 4.55. The lowest BCUT2D eigenvalue weighted by atomic mass is 10.8. The SMILES string of the molecule is C/C=C(/F)S(C)(=O)=O. The zero-order chi connectivity index (χ0) is 6.78. The van der Waals surface area contributed by atoms with E-state index in [0.717, 1.165) is 12.3 Å². The molecule has 4 heteroatoms. The van der Waals surface area contributed by atoms with Gasteiger partial charge in [-0.1, -0.05) is 0 Å². The molecule has 0 fully saturated rings. The molecule has 0 N–H and O–H groups in total. The van der Waals surface area contributed by atoms with Crippen LogP contribution in [-0.4, -0.2) is 14.7 Å². The van der Waals surface area contributed by atoms with Crippen LogP contribution in [0.5, 0.6) is 0 Å². The molecule has 2 nitrogen and oxygen atoms in total. The number of hydrogen-bond acceptors (Lipinski definition) is 2. The van der Waals surface area contributed by atoms with Gasteiger partial charge in [0.05, 0.1) is 0 Å². The van der Waals surface area contributed by atoms with Gasteiger partial charge in [-0.25, -0.2) is 8.42 Å². The molecule has 0 spiro atoms. The molecule has 0 radical (unpaired) electrons. The van der Waals surface area contributed by atoms with Crippen LogP contribution in [0.25, 0.3) is 0 Å². The standard InChI is InChI=1S/C4H7FO2S/c1-3-4(5)8(2,6)7/h3H,1-2H3/b4-3-. The second-order valence-electron chi connectivity index (χ2n) is 1.36. The summed E-state index contributed by atoms with van der Waals surface area (Å²) in [4.78, 5) is 0.